The highest BCUT2D eigenvalue weighted by Gasteiger charge is 2.30. The lowest BCUT2D eigenvalue weighted by molar-refractivity contribution is 0.0136. The van der Waals surface area contributed by atoms with E-state index in [9.17, 15) is 13.2 Å². The van der Waals surface area contributed by atoms with Crippen LogP contribution in [0.25, 0.3) is 0 Å². The van der Waals surface area contributed by atoms with Crippen molar-refractivity contribution in [3.8, 4) is 0 Å². The normalized spacial score (nSPS) is 13.0. The second kappa shape index (κ2) is 5.76. The maximum absolute atomic E-state index is 14.3. The summed E-state index contributed by atoms with van der Waals surface area (Å²) in [5, 5.41) is 3.09. The van der Waals surface area contributed by atoms with E-state index >= 15 is 0 Å². The fourth-order valence-corrected chi connectivity index (χ4v) is 2.19. The minimum absolute atomic E-state index is 0.212. The van der Waals surface area contributed by atoms with Crippen molar-refractivity contribution in [2.24, 2.45) is 0 Å². The van der Waals surface area contributed by atoms with Gasteiger partial charge in [0.15, 0.2) is 0 Å². The first-order valence-electron chi connectivity index (χ1n) is 6.65. The van der Waals surface area contributed by atoms with Gasteiger partial charge in [-0.1, -0.05) is 18.2 Å². The van der Waals surface area contributed by atoms with Gasteiger partial charge in [0.2, 0.25) is 0 Å². The molecule has 1 unspecified atom stereocenters. The van der Waals surface area contributed by atoms with Gasteiger partial charge in [0.05, 0.1) is 11.6 Å². The lowest BCUT2D eigenvalue weighted by atomic mass is 10.0. The van der Waals surface area contributed by atoms with Crippen molar-refractivity contribution in [3.63, 3.8) is 0 Å². The highest BCUT2D eigenvalue weighted by molar-refractivity contribution is 5.46. The molecule has 112 valence electrons. The fourth-order valence-electron chi connectivity index (χ4n) is 2.19. The monoisotopic (exact) mass is 294 g/mol. The van der Waals surface area contributed by atoms with Crippen LogP contribution in [0.15, 0.2) is 36.5 Å². The van der Waals surface area contributed by atoms with Gasteiger partial charge in [-0.05, 0) is 26.0 Å². The molecule has 0 fully saturated rings. The molecule has 0 amide bonds. The molecule has 0 aliphatic rings. The summed E-state index contributed by atoms with van der Waals surface area (Å²) in [6, 6.07) is 7.19. The van der Waals surface area contributed by atoms with Gasteiger partial charge in [0.25, 0.3) is 5.92 Å². The summed E-state index contributed by atoms with van der Waals surface area (Å²) in [7, 11) is 0. The van der Waals surface area contributed by atoms with E-state index in [4.69, 9.17) is 0 Å². The van der Waals surface area contributed by atoms with Crippen LogP contribution in [0.1, 0.15) is 36.7 Å². The Morgan fingerprint density at radius 3 is 2.57 bits per heavy atom. The van der Waals surface area contributed by atoms with Crippen LogP contribution in [0, 0.1) is 12.7 Å². The van der Waals surface area contributed by atoms with Crippen molar-refractivity contribution in [2.45, 2.75) is 32.7 Å². The number of nitrogens with zero attached hydrogens (tertiary/aromatic N) is 1. The van der Waals surface area contributed by atoms with E-state index in [1.807, 2.05) is 13.0 Å². The van der Waals surface area contributed by atoms with Crippen LogP contribution in [0.3, 0.4) is 0 Å². The van der Waals surface area contributed by atoms with Gasteiger partial charge in [-0.2, -0.15) is 0 Å². The van der Waals surface area contributed by atoms with Crippen LogP contribution in [0.2, 0.25) is 0 Å². The van der Waals surface area contributed by atoms with Gasteiger partial charge >= 0.3 is 0 Å². The summed E-state index contributed by atoms with van der Waals surface area (Å²) < 4.78 is 41.0. The van der Waals surface area contributed by atoms with Crippen LogP contribution < -0.4 is 5.32 Å². The average Bonchev–Trinajstić information content (AvgIpc) is 2.37. The van der Waals surface area contributed by atoms with E-state index < -0.39 is 23.3 Å². The molecule has 1 heterocycles. The van der Waals surface area contributed by atoms with Gasteiger partial charge in [-0.15, -0.1) is 0 Å². The lowest BCUT2D eigenvalue weighted by Crippen LogP contribution is -2.15. The van der Waals surface area contributed by atoms with Crippen molar-refractivity contribution in [3.05, 3.63) is 59.2 Å². The summed E-state index contributed by atoms with van der Waals surface area (Å²) in [5.41, 5.74) is 1.22. The summed E-state index contributed by atoms with van der Waals surface area (Å²) in [6.07, 6.45) is 1.64. The van der Waals surface area contributed by atoms with Gasteiger partial charge in [-0.3, -0.25) is 4.98 Å². The van der Waals surface area contributed by atoms with Gasteiger partial charge < -0.3 is 5.32 Å². The minimum Gasteiger partial charge on any atom is -0.378 e. The zero-order valence-corrected chi connectivity index (χ0v) is 12.1. The van der Waals surface area contributed by atoms with Crippen LogP contribution in [-0.4, -0.2) is 4.98 Å². The topological polar surface area (TPSA) is 24.9 Å². The number of rotatable bonds is 4. The van der Waals surface area contributed by atoms with Crippen LogP contribution in [0.5, 0.6) is 0 Å². The Labute approximate surface area is 122 Å². The number of alkyl halides is 2. The molecule has 2 aromatic rings. The zero-order chi connectivity index (χ0) is 15.6. The van der Waals surface area contributed by atoms with E-state index in [1.165, 1.54) is 12.1 Å². The predicted octanol–water partition coefficient (Wildman–Crippen LogP) is 4.81. The molecule has 0 bridgehead atoms. The molecule has 21 heavy (non-hydrogen) atoms. The van der Waals surface area contributed by atoms with Gasteiger partial charge in [0, 0.05) is 30.1 Å². The number of benzene rings is 1. The van der Waals surface area contributed by atoms with Gasteiger partial charge in [-0.25, -0.2) is 13.2 Å². The summed E-state index contributed by atoms with van der Waals surface area (Å²) in [6.45, 7) is 4.26. The molecule has 1 aromatic carbocycles. The van der Waals surface area contributed by atoms with Crippen LogP contribution in [0.4, 0.5) is 18.9 Å². The lowest BCUT2D eigenvalue weighted by Gasteiger charge is -2.20. The number of anilines is 1. The number of nitrogens with one attached hydrogen (secondary N) is 1. The number of hydrogen-bond donors (Lipinski definition) is 1. The molecule has 0 spiro atoms. The molecule has 0 radical (unpaired) electrons. The maximum Gasteiger partial charge on any atom is 0.273 e. The van der Waals surface area contributed by atoms with E-state index in [2.05, 4.69) is 10.3 Å². The second-order valence-electron chi connectivity index (χ2n) is 5.15. The summed E-state index contributed by atoms with van der Waals surface area (Å²) >= 11 is 0. The molecular weight excluding hydrogens is 277 g/mol. The largest absolute Gasteiger partial charge is 0.378 e. The Hall–Kier alpha value is -2.04. The van der Waals surface area contributed by atoms with E-state index in [1.54, 1.807) is 19.2 Å². The third-order valence-corrected chi connectivity index (χ3v) is 3.25. The molecule has 1 aromatic heterocycles. The Morgan fingerprint density at radius 2 is 1.95 bits per heavy atom. The van der Waals surface area contributed by atoms with E-state index in [-0.39, 0.29) is 5.56 Å². The molecule has 1 N–H and O–H groups in total. The molecule has 0 aliphatic heterocycles. The van der Waals surface area contributed by atoms with Crippen LogP contribution in [-0.2, 0) is 5.92 Å². The summed E-state index contributed by atoms with van der Waals surface area (Å²) in [4.78, 5) is 4.07. The van der Waals surface area contributed by atoms with Gasteiger partial charge in [0.1, 0.15) is 5.82 Å². The van der Waals surface area contributed by atoms with E-state index in [0.717, 1.165) is 17.4 Å². The third kappa shape index (κ3) is 3.54. The molecule has 0 saturated carbocycles. The Morgan fingerprint density at radius 1 is 1.24 bits per heavy atom. The van der Waals surface area contributed by atoms with E-state index in [0.29, 0.717) is 6.92 Å². The molecular formula is C16H17F3N2. The number of aryl methyl sites for hydroxylation is 1. The fraction of sp³-hybridized carbons (Fsp3) is 0.312. The smallest absolute Gasteiger partial charge is 0.273 e. The molecule has 0 saturated heterocycles. The number of hydrogen-bond acceptors (Lipinski definition) is 2. The summed E-state index contributed by atoms with van der Waals surface area (Å²) in [5.74, 6) is -4.07. The quantitative estimate of drug-likeness (QED) is 0.875. The molecule has 2 nitrogen and oxygen atoms in total. The highest BCUT2D eigenvalue weighted by atomic mass is 19.3. The molecule has 0 aliphatic carbocycles. The first-order valence-corrected chi connectivity index (χ1v) is 6.65. The Balaban J connectivity index is 2.30. The first-order chi connectivity index (χ1) is 9.79. The first kappa shape index (κ1) is 15.4. The zero-order valence-electron chi connectivity index (χ0n) is 12.1. The molecule has 1 atom stereocenters. The number of halogens is 3. The Kier molecular flexibility index (Phi) is 4.21. The predicted molar refractivity (Wildman–Crippen MR) is 77.0 cm³/mol. The Bertz CT molecular complexity index is 636. The highest BCUT2D eigenvalue weighted by Crippen LogP contribution is 2.33. The van der Waals surface area contributed by atoms with Crippen molar-refractivity contribution in [2.75, 3.05) is 5.32 Å². The number of pyridine rings is 1. The van der Waals surface area contributed by atoms with Crippen molar-refractivity contribution in [1.82, 2.24) is 4.98 Å². The standard InChI is InChI=1S/C16H17F3N2/c1-10-9-12(7-8-20-10)21-11(2)13-5-4-6-14(15(13)17)16(3,18)19/h4-9,11H,1-3H3,(H,20,21). The second-order valence-corrected chi connectivity index (χ2v) is 5.15. The molecule has 2 rings (SSSR count). The van der Waals surface area contributed by atoms with Crippen molar-refractivity contribution < 1.29 is 13.2 Å². The SMILES string of the molecule is Cc1cc(NC(C)c2cccc(C(C)(F)F)c2F)ccn1. The number of aromatic nitrogens is 1. The average molecular weight is 294 g/mol. The maximum atomic E-state index is 14.3. The van der Waals surface area contributed by atoms with Crippen molar-refractivity contribution in [1.29, 1.82) is 0 Å². The van der Waals surface area contributed by atoms with Crippen LogP contribution >= 0.6 is 0 Å². The third-order valence-electron chi connectivity index (χ3n) is 3.25. The minimum atomic E-state index is -3.20. The molecule has 5 heteroatoms. The van der Waals surface area contributed by atoms with Crippen molar-refractivity contribution >= 4 is 5.69 Å².